The Morgan fingerprint density at radius 3 is 2.48 bits per heavy atom. The van der Waals surface area contributed by atoms with Gasteiger partial charge in [-0.05, 0) is 20.8 Å². The van der Waals surface area contributed by atoms with E-state index >= 15 is 0 Å². The van der Waals surface area contributed by atoms with Gasteiger partial charge in [-0.15, -0.1) is 11.3 Å². The highest BCUT2D eigenvalue weighted by Crippen LogP contribution is 2.39. The summed E-state index contributed by atoms with van der Waals surface area (Å²) in [6.45, 7) is 4.12. The Morgan fingerprint density at radius 2 is 2.00 bits per heavy atom. The molecule has 0 bridgehead atoms. The number of nitrogens with zero attached hydrogens (tertiary/aromatic N) is 1. The largest absolute Gasteiger partial charge is 0.444 e. The second-order valence-electron chi connectivity index (χ2n) is 6.20. The van der Waals surface area contributed by atoms with E-state index in [1.807, 2.05) is 5.32 Å². The lowest BCUT2D eigenvalue weighted by molar-refractivity contribution is -0.136. The number of hydrogen-bond acceptors (Lipinski definition) is 6. The minimum Gasteiger partial charge on any atom is -0.444 e. The van der Waals surface area contributed by atoms with Crippen molar-refractivity contribution in [3.63, 3.8) is 0 Å². The number of urea groups is 1. The van der Waals surface area contributed by atoms with Crippen LogP contribution >= 0.6 is 11.3 Å². The highest BCUT2D eigenvalue weighted by molar-refractivity contribution is 7.09. The van der Waals surface area contributed by atoms with Gasteiger partial charge < -0.3 is 15.4 Å². The molecule has 1 saturated heterocycles. The zero-order chi connectivity index (χ0) is 19.0. The first kappa shape index (κ1) is 19.0. The Hall–Kier alpha value is -2.37. The quantitative estimate of drug-likeness (QED) is 0.692. The van der Waals surface area contributed by atoms with Gasteiger partial charge in [-0.1, -0.05) is 0 Å². The summed E-state index contributed by atoms with van der Waals surface area (Å²) in [4.78, 5) is 37.9. The number of rotatable bonds is 3. The fourth-order valence-electron chi connectivity index (χ4n) is 2.14. The number of alkyl carbamates (subject to hydrolysis) is 1. The van der Waals surface area contributed by atoms with E-state index < -0.39 is 52.5 Å². The van der Waals surface area contributed by atoms with Crippen molar-refractivity contribution in [2.24, 2.45) is 0 Å². The number of nitrogens with one attached hydrogen (secondary N) is 3. The normalized spacial score (nSPS) is 20.9. The van der Waals surface area contributed by atoms with E-state index in [2.05, 4.69) is 15.6 Å². The molecule has 1 atom stereocenters. The second kappa shape index (κ2) is 6.17. The second-order valence-corrected chi connectivity index (χ2v) is 7.05. The average molecular weight is 380 g/mol. The highest BCUT2D eigenvalue weighted by atomic mass is 32.1. The Labute approximate surface area is 144 Å². The summed E-state index contributed by atoms with van der Waals surface area (Å²) in [6.07, 6.45) is -5.73. The third-order valence-corrected chi connectivity index (χ3v) is 3.94. The van der Waals surface area contributed by atoms with E-state index in [9.17, 15) is 27.6 Å². The molecule has 0 saturated carbocycles. The van der Waals surface area contributed by atoms with E-state index in [0.29, 0.717) is 0 Å². The first-order valence-electron chi connectivity index (χ1n) is 6.97. The molecule has 2 heterocycles. The molecular weight excluding hydrogens is 365 g/mol. The summed E-state index contributed by atoms with van der Waals surface area (Å²) in [5.74, 6) is -1.05. The molecule has 1 aromatic rings. The van der Waals surface area contributed by atoms with Crippen molar-refractivity contribution >= 4 is 29.4 Å². The number of halogens is 3. The minimum absolute atomic E-state index is 0.278. The van der Waals surface area contributed by atoms with Crippen LogP contribution in [-0.2, 0) is 21.2 Å². The molecule has 1 aliphatic rings. The number of hydrogen-bond donors (Lipinski definition) is 3. The summed E-state index contributed by atoms with van der Waals surface area (Å²) >= 11 is 0.278. The molecule has 4 amide bonds. The van der Waals surface area contributed by atoms with Crippen molar-refractivity contribution in [2.75, 3.05) is 6.54 Å². The van der Waals surface area contributed by atoms with Gasteiger partial charge >= 0.3 is 18.3 Å². The molecular formula is C13H15F3N4O4S. The van der Waals surface area contributed by atoms with Gasteiger partial charge in [0, 0.05) is 0 Å². The molecule has 0 spiro atoms. The molecule has 8 nitrogen and oxygen atoms in total. The molecule has 3 N–H and O–H groups in total. The van der Waals surface area contributed by atoms with Crippen LogP contribution in [-0.4, -0.2) is 35.2 Å². The van der Waals surface area contributed by atoms with Crippen molar-refractivity contribution in [2.45, 2.75) is 38.1 Å². The van der Waals surface area contributed by atoms with Crippen molar-refractivity contribution in [1.82, 2.24) is 20.9 Å². The lowest BCUT2D eigenvalue weighted by Gasteiger charge is -2.27. The first-order valence-corrected chi connectivity index (χ1v) is 7.85. The standard InChI is InChI=1S/C13H15F3N4O4S/c1-11(2,3)24-10(23)17-4-12(8(21)19-9(22)20-12)6-7(13(14,15)16)25-5-18-6/h5H,4H2,1-3H3,(H,17,23)(H2,19,20,21,22)/t12-/m1/s1. The van der Waals surface area contributed by atoms with Crippen LogP contribution in [0.3, 0.4) is 0 Å². The smallest absolute Gasteiger partial charge is 0.427 e. The molecule has 25 heavy (non-hydrogen) atoms. The summed E-state index contributed by atoms with van der Waals surface area (Å²) in [5.41, 5.74) is -2.82. The Bertz CT molecular complexity index is 713. The van der Waals surface area contributed by atoms with Gasteiger partial charge in [-0.2, -0.15) is 13.2 Å². The lowest BCUT2D eigenvalue weighted by atomic mass is 9.94. The van der Waals surface area contributed by atoms with Crippen LogP contribution in [0.5, 0.6) is 0 Å². The zero-order valence-corrected chi connectivity index (χ0v) is 14.2. The van der Waals surface area contributed by atoms with Crippen LogP contribution in [0.15, 0.2) is 5.51 Å². The molecule has 0 aromatic carbocycles. The van der Waals surface area contributed by atoms with Crippen LogP contribution < -0.4 is 16.0 Å². The highest BCUT2D eigenvalue weighted by Gasteiger charge is 2.54. The number of aromatic nitrogens is 1. The van der Waals surface area contributed by atoms with E-state index in [1.165, 1.54) is 0 Å². The molecule has 2 rings (SSSR count). The number of amides is 4. The fourth-order valence-corrected chi connectivity index (χ4v) is 2.87. The maximum absolute atomic E-state index is 13.2. The summed E-state index contributed by atoms with van der Waals surface area (Å²) < 4.78 is 44.5. The Kier molecular flexibility index (Phi) is 4.68. The lowest BCUT2D eigenvalue weighted by Crippen LogP contribution is -2.54. The van der Waals surface area contributed by atoms with Crippen molar-refractivity contribution in [3.8, 4) is 0 Å². The van der Waals surface area contributed by atoms with E-state index in [-0.39, 0.29) is 11.3 Å². The van der Waals surface area contributed by atoms with E-state index in [4.69, 9.17) is 4.74 Å². The van der Waals surface area contributed by atoms with Crippen LogP contribution in [0.2, 0.25) is 0 Å². The van der Waals surface area contributed by atoms with Crippen LogP contribution in [0.1, 0.15) is 31.3 Å². The Balaban J connectivity index is 2.35. The minimum atomic E-state index is -4.77. The first-order chi connectivity index (χ1) is 11.3. The van der Waals surface area contributed by atoms with Gasteiger partial charge in [0.15, 0.2) is 5.54 Å². The van der Waals surface area contributed by atoms with Gasteiger partial charge in [-0.25, -0.2) is 14.6 Å². The molecule has 0 radical (unpaired) electrons. The fraction of sp³-hybridized carbons (Fsp3) is 0.538. The third kappa shape index (κ3) is 4.00. The predicted octanol–water partition coefficient (Wildman–Crippen LogP) is 1.72. The van der Waals surface area contributed by atoms with E-state index in [0.717, 1.165) is 5.51 Å². The van der Waals surface area contributed by atoms with Crippen LogP contribution in [0, 0.1) is 0 Å². The number of carbonyl (C=O) groups is 3. The number of thiazole rings is 1. The molecule has 1 aromatic heterocycles. The number of alkyl halides is 3. The average Bonchev–Trinajstić information content (AvgIpc) is 2.99. The summed E-state index contributed by atoms with van der Waals surface area (Å²) in [5, 5.41) is 6.19. The van der Waals surface area contributed by atoms with Crippen LogP contribution in [0.4, 0.5) is 22.8 Å². The summed E-state index contributed by atoms with van der Waals surface area (Å²) in [6, 6.07) is -0.989. The number of carbonyl (C=O) groups excluding carboxylic acids is 3. The molecule has 138 valence electrons. The van der Waals surface area contributed by atoms with Gasteiger partial charge in [-0.3, -0.25) is 10.1 Å². The van der Waals surface area contributed by atoms with Gasteiger partial charge in [0.2, 0.25) is 0 Å². The predicted molar refractivity (Wildman–Crippen MR) is 79.7 cm³/mol. The molecule has 1 fully saturated rings. The SMILES string of the molecule is CC(C)(C)OC(=O)NC[C@]1(c2ncsc2C(F)(F)F)NC(=O)NC1=O. The van der Waals surface area contributed by atoms with Gasteiger partial charge in [0.1, 0.15) is 16.2 Å². The number of ether oxygens (including phenoxy) is 1. The maximum atomic E-state index is 13.2. The van der Waals surface area contributed by atoms with Crippen molar-refractivity contribution in [3.05, 3.63) is 16.1 Å². The molecule has 1 aliphatic heterocycles. The summed E-state index contributed by atoms with van der Waals surface area (Å²) in [7, 11) is 0. The molecule has 12 heteroatoms. The van der Waals surface area contributed by atoms with Gasteiger partial charge in [0.25, 0.3) is 5.91 Å². The van der Waals surface area contributed by atoms with E-state index in [1.54, 1.807) is 20.8 Å². The Morgan fingerprint density at radius 1 is 1.36 bits per heavy atom. The number of imide groups is 1. The zero-order valence-electron chi connectivity index (χ0n) is 13.4. The maximum Gasteiger partial charge on any atom is 0.427 e. The molecule has 0 aliphatic carbocycles. The van der Waals surface area contributed by atoms with Gasteiger partial charge in [0.05, 0.1) is 12.1 Å². The monoisotopic (exact) mass is 380 g/mol. The van der Waals surface area contributed by atoms with Crippen LogP contribution in [0.25, 0.3) is 0 Å². The van der Waals surface area contributed by atoms with Crippen molar-refractivity contribution in [1.29, 1.82) is 0 Å². The van der Waals surface area contributed by atoms with Crippen molar-refractivity contribution < 1.29 is 32.3 Å². The molecule has 0 unspecified atom stereocenters. The third-order valence-electron chi connectivity index (χ3n) is 3.07. The topological polar surface area (TPSA) is 109 Å².